The molecule has 1 unspecified atom stereocenters. The minimum Gasteiger partial charge on any atom is -0.335 e. The summed E-state index contributed by atoms with van der Waals surface area (Å²) in [4.78, 5) is 47.0. The third-order valence-corrected chi connectivity index (χ3v) is 9.01. The monoisotopic (exact) mass is 540 g/mol. The normalized spacial score (nSPS) is 15.6. The van der Waals surface area contributed by atoms with E-state index in [0.717, 1.165) is 26.7 Å². The molecular formula is C26H28N4O3S3. The minimum atomic E-state index is -0.179. The van der Waals surface area contributed by atoms with E-state index in [4.69, 9.17) is 0 Å². The fourth-order valence-electron chi connectivity index (χ4n) is 4.18. The average Bonchev–Trinajstić information content (AvgIpc) is 3.57. The quantitative estimate of drug-likeness (QED) is 0.402. The zero-order valence-corrected chi connectivity index (χ0v) is 22.9. The number of hydrogen-bond donors (Lipinski definition) is 1. The van der Waals surface area contributed by atoms with Crippen LogP contribution >= 0.6 is 34.4 Å². The fraction of sp³-hybridized carbons (Fsp3) is 0.308. The molecule has 36 heavy (non-hydrogen) atoms. The van der Waals surface area contributed by atoms with Crippen molar-refractivity contribution in [3.63, 3.8) is 0 Å². The Morgan fingerprint density at radius 1 is 1.25 bits per heavy atom. The largest absolute Gasteiger partial charge is 0.335 e. The summed E-state index contributed by atoms with van der Waals surface area (Å²) in [6.07, 6.45) is 3.85. The number of benzene rings is 1. The summed E-state index contributed by atoms with van der Waals surface area (Å²) < 4.78 is 0.920. The number of amides is 3. The Kier molecular flexibility index (Phi) is 8.28. The summed E-state index contributed by atoms with van der Waals surface area (Å²) in [7, 11) is 0. The Balaban J connectivity index is 1.48. The van der Waals surface area contributed by atoms with Crippen molar-refractivity contribution < 1.29 is 14.4 Å². The number of hydrogen-bond acceptors (Lipinski definition) is 7. The van der Waals surface area contributed by atoms with Gasteiger partial charge in [0.25, 0.3) is 11.8 Å². The number of aromatic nitrogens is 1. The Hall–Kier alpha value is -2.95. The number of carbonyl (C=O) groups is 3. The summed E-state index contributed by atoms with van der Waals surface area (Å²) in [6, 6.07) is 5.73. The summed E-state index contributed by atoms with van der Waals surface area (Å²) in [6.45, 7) is 11.1. The SMILES string of the molecule is C=CC(=O)N1CCN(C(=O)c2cc(Sc3cnc(NC(=O)c4ccsc4)s3)c(C)cc2C)CC1CC. The lowest BCUT2D eigenvalue weighted by atomic mass is 10.0. The molecule has 0 aliphatic carbocycles. The number of aryl methyl sites for hydroxylation is 2. The molecule has 188 valence electrons. The third-order valence-electron chi connectivity index (χ3n) is 6.15. The first kappa shape index (κ1) is 26.1. The number of rotatable bonds is 7. The number of thiophene rings is 1. The molecule has 1 N–H and O–H groups in total. The van der Waals surface area contributed by atoms with Crippen LogP contribution < -0.4 is 5.32 Å². The van der Waals surface area contributed by atoms with Crippen LogP contribution in [-0.4, -0.2) is 58.2 Å². The molecule has 0 spiro atoms. The lowest BCUT2D eigenvalue weighted by Gasteiger charge is -2.41. The Labute approximate surface area is 223 Å². The summed E-state index contributed by atoms with van der Waals surface area (Å²) in [5.74, 6) is -0.289. The molecule has 2 aromatic heterocycles. The van der Waals surface area contributed by atoms with Crippen molar-refractivity contribution in [2.45, 2.75) is 42.3 Å². The molecule has 1 aliphatic heterocycles. The highest BCUT2D eigenvalue weighted by Gasteiger charge is 2.31. The molecule has 1 saturated heterocycles. The van der Waals surface area contributed by atoms with E-state index >= 15 is 0 Å². The first-order chi connectivity index (χ1) is 17.3. The van der Waals surface area contributed by atoms with Gasteiger partial charge in [-0.05, 0) is 55.0 Å². The summed E-state index contributed by atoms with van der Waals surface area (Å²) in [5.41, 5.74) is 3.27. The second kappa shape index (κ2) is 11.4. The van der Waals surface area contributed by atoms with Gasteiger partial charge in [-0.15, -0.1) is 0 Å². The van der Waals surface area contributed by atoms with Crippen LogP contribution in [0.25, 0.3) is 0 Å². The van der Waals surface area contributed by atoms with Crippen LogP contribution in [0, 0.1) is 13.8 Å². The van der Waals surface area contributed by atoms with Gasteiger partial charge in [0.15, 0.2) is 5.13 Å². The number of anilines is 1. The fourth-order valence-corrected chi connectivity index (χ4v) is 6.75. The molecule has 0 radical (unpaired) electrons. The van der Waals surface area contributed by atoms with Crippen molar-refractivity contribution >= 4 is 57.3 Å². The maximum Gasteiger partial charge on any atom is 0.258 e. The van der Waals surface area contributed by atoms with Gasteiger partial charge in [-0.3, -0.25) is 19.7 Å². The molecule has 1 aromatic carbocycles. The molecule has 3 aromatic rings. The highest BCUT2D eigenvalue weighted by Crippen LogP contribution is 2.37. The molecule has 1 atom stereocenters. The highest BCUT2D eigenvalue weighted by molar-refractivity contribution is 8.01. The molecule has 0 bridgehead atoms. The average molecular weight is 541 g/mol. The second-order valence-electron chi connectivity index (χ2n) is 8.53. The molecule has 0 saturated carbocycles. The molecule has 3 amide bonds. The van der Waals surface area contributed by atoms with Gasteiger partial charge in [0.05, 0.1) is 16.0 Å². The molecular weight excluding hydrogens is 513 g/mol. The molecule has 1 fully saturated rings. The van der Waals surface area contributed by atoms with Crippen LogP contribution in [0.4, 0.5) is 5.13 Å². The van der Waals surface area contributed by atoms with Gasteiger partial charge < -0.3 is 9.80 Å². The maximum atomic E-state index is 13.5. The van der Waals surface area contributed by atoms with Crippen LogP contribution in [0.1, 0.15) is 45.2 Å². The number of piperazine rings is 1. The number of carbonyl (C=O) groups excluding carboxylic acids is 3. The van der Waals surface area contributed by atoms with Crippen molar-refractivity contribution in [2.75, 3.05) is 25.0 Å². The number of nitrogens with one attached hydrogen (secondary N) is 1. The molecule has 7 nitrogen and oxygen atoms in total. The third kappa shape index (κ3) is 5.71. The van der Waals surface area contributed by atoms with Crippen LogP contribution in [0.15, 0.2) is 56.9 Å². The first-order valence-corrected chi connectivity index (χ1v) is 14.2. The molecule has 4 rings (SSSR count). The molecule has 3 heterocycles. The summed E-state index contributed by atoms with van der Waals surface area (Å²) >= 11 is 4.40. The van der Waals surface area contributed by atoms with E-state index in [1.54, 1.807) is 22.5 Å². The van der Waals surface area contributed by atoms with Gasteiger partial charge in [-0.2, -0.15) is 11.3 Å². The maximum absolute atomic E-state index is 13.5. The van der Waals surface area contributed by atoms with Crippen molar-refractivity contribution in [3.05, 3.63) is 70.1 Å². The van der Waals surface area contributed by atoms with Crippen LogP contribution in [-0.2, 0) is 4.79 Å². The van der Waals surface area contributed by atoms with E-state index in [-0.39, 0.29) is 23.8 Å². The van der Waals surface area contributed by atoms with Crippen LogP contribution in [0.2, 0.25) is 0 Å². The van der Waals surface area contributed by atoms with Gasteiger partial charge in [0.2, 0.25) is 5.91 Å². The van der Waals surface area contributed by atoms with E-state index in [0.29, 0.717) is 35.9 Å². The van der Waals surface area contributed by atoms with Crippen LogP contribution in [0.3, 0.4) is 0 Å². The predicted octanol–water partition coefficient (Wildman–Crippen LogP) is 5.47. The smallest absolute Gasteiger partial charge is 0.258 e. The summed E-state index contributed by atoms with van der Waals surface area (Å²) in [5, 5.41) is 7.03. The zero-order valence-electron chi connectivity index (χ0n) is 20.4. The second-order valence-corrected chi connectivity index (χ2v) is 11.7. The number of nitrogens with zero attached hydrogens (tertiary/aromatic N) is 3. The van der Waals surface area contributed by atoms with Gasteiger partial charge in [-0.25, -0.2) is 4.98 Å². The first-order valence-electron chi connectivity index (χ1n) is 11.6. The van der Waals surface area contributed by atoms with E-state index in [1.807, 2.05) is 43.2 Å². The highest BCUT2D eigenvalue weighted by atomic mass is 32.2. The Bertz CT molecular complexity index is 1290. The Morgan fingerprint density at radius 3 is 2.75 bits per heavy atom. The van der Waals surface area contributed by atoms with Crippen molar-refractivity contribution in [1.29, 1.82) is 0 Å². The van der Waals surface area contributed by atoms with Gasteiger partial charge in [0, 0.05) is 41.5 Å². The van der Waals surface area contributed by atoms with E-state index in [2.05, 4.69) is 16.9 Å². The number of thiazole rings is 1. The van der Waals surface area contributed by atoms with Crippen molar-refractivity contribution in [1.82, 2.24) is 14.8 Å². The predicted molar refractivity (Wildman–Crippen MR) is 146 cm³/mol. The zero-order chi connectivity index (χ0) is 25.8. The lowest BCUT2D eigenvalue weighted by molar-refractivity contribution is -0.130. The van der Waals surface area contributed by atoms with Gasteiger partial charge in [-0.1, -0.05) is 42.7 Å². The van der Waals surface area contributed by atoms with Crippen LogP contribution in [0.5, 0.6) is 0 Å². The van der Waals surface area contributed by atoms with Crippen molar-refractivity contribution in [3.8, 4) is 0 Å². The lowest BCUT2D eigenvalue weighted by Crippen LogP contribution is -2.56. The van der Waals surface area contributed by atoms with E-state index in [1.165, 1.54) is 40.5 Å². The van der Waals surface area contributed by atoms with Crippen molar-refractivity contribution in [2.24, 2.45) is 0 Å². The minimum absolute atomic E-state index is 0.0206. The van der Waals surface area contributed by atoms with E-state index in [9.17, 15) is 14.4 Å². The Morgan fingerprint density at radius 2 is 2.06 bits per heavy atom. The topological polar surface area (TPSA) is 82.6 Å². The van der Waals surface area contributed by atoms with Gasteiger partial charge in [0.1, 0.15) is 0 Å². The van der Waals surface area contributed by atoms with Gasteiger partial charge >= 0.3 is 0 Å². The van der Waals surface area contributed by atoms with E-state index < -0.39 is 0 Å². The molecule has 1 aliphatic rings. The standard InChI is InChI=1S/C26H28N4O3S3/c1-5-19-14-29(8-9-30(19)22(31)6-2)25(33)20-12-21(17(4)11-16(20)3)35-23-13-27-26(36-23)28-24(32)18-7-10-34-15-18/h6-7,10-13,15,19H,2,5,8-9,14H2,1,3-4H3,(H,27,28,32). The molecule has 10 heteroatoms.